The maximum Gasteiger partial charge on any atom is 0.305 e. The van der Waals surface area contributed by atoms with Crippen LogP contribution in [0.4, 0.5) is 0 Å². The molecule has 0 aromatic carbocycles. The number of esters is 1. The summed E-state index contributed by atoms with van der Waals surface area (Å²) in [7, 11) is 0. The highest BCUT2D eigenvalue weighted by molar-refractivity contribution is 5.89. The van der Waals surface area contributed by atoms with Crippen molar-refractivity contribution >= 4 is 18.2 Å². The first-order chi connectivity index (χ1) is 13.0. The average Bonchev–Trinajstić information content (AvgIpc) is 3.21. The molecule has 5 heteroatoms. The molecule has 2 saturated heterocycles. The van der Waals surface area contributed by atoms with Gasteiger partial charge in [0.2, 0.25) is 6.41 Å². The Bertz CT molecular complexity index is 730. The fourth-order valence-corrected chi connectivity index (χ4v) is 7.63. The maximum absolute atomic E-state index is 13.6. The summed E-state index contributed by atoms with van der Waals surface area (Å²) in [5.74, 6) is 1.35. The summed E-state index contributed by atoms with van der Waals surface area (Å²) in [6.45, 7) is 3.21. The Kier molecular flexibility index (Phi) is 3.83. The van der Waals surface area contributed by atoms with Crippen molar-refractivity contribution < 1.29 is 19.1 Å². The van der Waals surface area contributed by atoms with E-state index in [0.717, 1.165) is 45.1 Å². The fraction of sp³-hybridized carbons (Fsp3) is 0.773. The van der Waals surface area contributed by atoms with E-state index in [4.69, 9.17) is 4.74 Å². The van der Waals surface area contributed by atoms with Crippen LogP contribution in [0.3, 0.4) is 0 Å². The van der Waals surface area contributed by atoms with E-state index < -0.39 is 10.8 Å². The van der Waals surface area contributed by atoms with E-state index in [9.17, 15) is 14.4 Å². The Morgan fingerprint density at radius 2 is 2.04 bits per heavy atom. The molecule has 146 valence electrons. The van der Waals surface area contributed by atoms with Crippen LogP contribution in [0.25, 0.3) is 0 Å². The van der Waals surface area contributed by atoms with Gasteiger partial charge in [0.15, 0.2) is 0 Å². The number of hydrogen-bond acceptors (Lipinski definition) is 4. The number of carbonyl (C=O) groups is 3. The number of cyclic esters (lactones) is 1. The van der Waals surface area contributed by atoms with Crippen LogP contribution in [-0.2, 0) is 19.1 Å². The van der Waals surface area contributed by atoms with Gasteiger partial charge in [0.1, 0.15) is 12.4 Å². The molecule has 5 aliphatic rings. The van der Waals surface area contributed by atoms with Crippen molar-refractivity contribution in [1.29, 1.82) is 0 Å². The van der Waals surface area contributed by atoms with Crippen LogP contribution >= 0.6 is 0 Å². The molecular formula is C22H29NO4. The Balaban J connectivity index is 1.78. The van der Waals surface area contributed by atoms with Gasteiger partial charge in [0.05, 0.1) is 5.41 Å². The number of carbonyl (C=O) groups excluding carboxylic acids is 3. The van der Waals surface area contributed by atoms with Gasteiger partial charge in [0, 0.05) is 30.8 Å². The number of rotatable bonds is 1. The average molecular weight is 371 g/mol. The third-order valence-electron chi connectivity index (χ3n) is 8.68. The zero-order valence-corrected chi connectivity index (χ0v) is 16.1. The van der Waals surface area contributed by atoms with E-state index in [1.165, 1.54) is 5.57 Å². The molecule has 0 radical (unpaired) electrons. The zero-order chi connectivity index (χ0) is 18.8. The summed E-state index contributed by atoms with van der Waals surface area (Å²) in [6, 6.07) is 0.0298. The molecule has 2 heterocycles. The smallest absolute Gasteiger partial charge is 0.305 e. The van der Waals surface area contributed by atoms with Crippen molar-refractivity contribution in [2.75, 3.05) is 13.2 Å². The highest BCUT2D eigenvalue weighted by atomic mass is 16.5. The first-order valence-corrected chi connectivity index (χ1v) is 10.6. The molecule has 27 heavy (non-hydrogen) atoms. The third-order valence-corrected chi connectivity index (χ3v) is 8.68. The van der Waals surface area contributed by atoms with Gasteiger partial charge in [-0.25, -0.2) is 0 Å². The summed E-state index contributed by atoms with van der Waals surface area (Å²) in [5.41, 5.74) is 0.335. The molecule has 2 aliphatic heterocycles. The van der Waals surface area contributed by atoms with Gasteiger partial charge in [-0.15, -0.1) is 0 Å². The van der Waals surface area contributed by atoms with Crippen LogP contribution in [0.5, 0.6) is 0 Å². The largest absolute Gasteiger partial charge is 0.465 e. The lowest BCUT2D eigenvalue weighted by Gasteiger charge is -2.59. The van der Waals surface area contributed by atoms with Crippen LogP contribution in [0.15, 0.2) is 11.6 Å². The SMILES string of the molecule is C[C@@H]1CN(C=O)[C@H]2[C@@H]1CC[C@]13COC(=O)CC[C@]21C1=CCC[C@@H]1CCC3=O. The molecule has 5 rings (SSSR count). The Hall–Kier alpha value is -1.65. The predicted octanol–water partition coefficient (Wildman–Crippen LogP) is 2.88. The Labute approximate surface area is 160 Å². The molecule has 0 unspecified atom stereocenters. The van der Waals surface area contributed by atoms with Crippen molar-refractivity contribution in [3.63, 3.8) is 0 Å². The van der Waals surface area contributed by atoms with Crippen LogP contribution < -0.4 is 0 Å². The van der Waals surface area contributed by atoms with Gasteiger partial charge in [-0.1, -0.05) is 18.6 Å². The zero-order valence-electron chi connectivity index (χ0n) is 16.1. The number of Topliss-reactive ketones (excluding diaryl/α,β-unsaturated/α-hetero) is 1. The number of amides is 1. The molecule has 2 saturated carbocycles. The van der Waals surface area contributed by atoms with Crippen molar-refractivity contribution in [3.8, 4) is 0 Å². The Morgan fingerprint density at radius 3 is 2.85 bits per heavy atom. The van der Waals surface area contributed by atoms with E-state index in [1.54, 1.807) is 0 Å². The molecule has 0 spiro atoms. The second kappa shape index (κ2) is 5.92. The monoisotopic (exact) mass is 371 g/mol. The topological polar surface area (TPSA) is 63.7 Å². The van der Waals surface area contributed by atoms with E-state index in [-0.39, 0.29) is 24.4 Å². The molecule has 5 nitrogen and oxygen atoms in total. The first kappa shape index (κ1) is 17.4. The lowest BCUT2D eigenvalue weighted by molar-refractivity contribution is -0.159. The van der Waals surface area contributed by atoms with E-state index in [0.29, 0.717) is 37.0 Å². The summed E-state index contributed by atoms with van der Waals surface area (Å²) in [4.78, 5) is 40.0. The Morgan fingerprint density at radius 1 is 1.19 bits per heavy atom. The first-order valence-electron chi connectivity index (χ1n) is 10.6. The molecule has 4 fully saturated rings. The van der Waals surface area contributed by atoms with Gasteiger partial charge in [-0.3, -0.25) is 14.4 Å². The second-order valence-corrected chi connectivity index (χ2v) is 9.54. The molecule has 0 bridgehead atoms. The molecule has 0 N–H and O–H groups in total. The number of allylic oxidation sites excluding steroid dienone is 1. The highest BCUT2D eigenvalue weighted by Gasteiger charge is 2.70. The molecular weight excluding hydrogens is 342 g/mol. The van der Waals surface area contributed by atoms with Gasteiger partial charge in [-0.2, -0.15) is 0 Å². The lowest BCUT2D eigenvalue weighted by atomic mass is 9.46. The van der Waals surface area contributed by atoms with Crippen molar-refractivity contribution in [1.82, 2.24) is 4.90 Å². The van der Waals surface area contributed by atoms with Gasteiger partial charge < -0.3 is 9.64 Å². The predicted molar refractivity (Wildman–Crippen MR) is 98.6 cm³/mol. The van der Waals surface area contributed by atoms with Crippen molar-refractivity contribution in [2.45, 2.75) is 64.3 Å². The summed E-state index contributed by atoms with van der Waals surface area (Å²) in [5, 5.41) is 0. The van der Waals surface area contributed by atoms with Crippen molar-refractivity contribution in [2.24, 2.45) is 28.6 Å². The number of likely N-dealkylation sites (tertiary alicyclic amines) is 1. The summed E-state index contributed by atoms with van der Waals surface area (Å²) >= 11 is 0. The number of fused-ring (bicyclic) bond motifs is 2. The standard InChI is InChI=1S/C22H29NO4/c1-14-11-23(13-24)20-16(14)7-9-21-12-27-19(26)8-10-22(20,21)17-4-2-3-15(17)5-6-18(21)25/h4,13-16,20H,2-3,5-12H2,1H3/t14-,15-,16-,20+,21-,22+/m1/s1. The number of ether oxygens (including phenoxy) is 1. The van der Waals surface area contributed by atoms with Crippen LogP contribution in [-0.4, -0.2) is 42.3 Å². The van der Waals surface area contributed by atoms with Gasteiger partial charge >= 0.3 is 5.97 Å². The van der Waals surface area contributed by atoms with Gasteiger partial charge in [0.25, 0.3) is 0 Å². The van der Waals surface area contributed by atoms with E-state index >= 15 is 0 Å². The minimum Gasteiger partial charge on any atom is -0.465 e. The molecule has 0 aromatic heterocycles. The second-order valence-electron chi connectivity index (χ2n) is 9.54. The molecule has 3 aliphatic carbocycles. The summed E-state index contributed by atoms with van der Waals surface area (Å²) in [6.07, 6.45) is 9.74. The summed E-state index contributed by atoms with van der Waals surface area (Å²) < 4.78 is 5.65. The number of ketones is 1. The number of nitrogens with zero attached hydrogens (tertiary/aromatic N) is 1. The minimum absolute atomic E-state index is 0.0298. The molecule has 0 aromatic rings. The van der Waals surface area contributed by atoms with E-state index in [1.807, 2.05) is 4.90 Å². The number of hydrogen-bond donors (Lipinski definition) is 0. The highest BCUT2D eigenvalue weighted by Crippen LogP contribution is 2.68. The van der Waals surface area contributed by atoms with E-state index in [2.05, 4.69) is 13.0 Å². The fourth-order valence-electron chi connectivity index (χ4n) is 7.63. The molecule has 6 atom stereocenters. The van der Waals surface area contributed by atoms with Crippen LogP contribution in [0, 0.1) is 28.6 Å². The van der Waals surface area contributed by atoms with Crippen molar-refractivity contribution in [3.05, 3.63) is 11.6 Å². The van der Waals surface area contributed by atoms with Gasteiger partial charge in [-0.05, 0) is 56.3 Å². The molecule has 1 amide bonds. The third kappa shape index (κ3) is 2.09. The normalized spacial score (nSPS) is 46.3. The lowest BCUT2D eigenvalue weighted by Crippen LogP contribution is -2.63. The van der Waals surface area contributed by atoms with Crippen LogP contribution in [0.2, 0.25) is 0 Å². The maximum atomic E-state index is 13.6. The quantitative estimate of drug-likeness (QED) is 0.404. The van der Waals surface area contributed by atoms with Crippen LogP contribution in [0.1, 0.15) is 58.3 Å². The minimum atomic E-state index is -0.642.